The average Bonchev–Trinajstić information content (AvgIpc) is 3.71. The van der Waals surface area contributed by atoms with E-state index < -0.39 is 0 Å². The lowest BCUT2D eigenvalue weighted by molar-refractivity contribution is 0.670. The summed E-state index contributed by atoms with van der Waals surface area (Å²) in [6.45, 7) is 0. The van der Waals surface area contributed by atoms with Crippen molar-refractivity contribution in [2.45, 2.75) is 0 Å². The summed E-state index contributed by atoms with van der Waals surface area (Å²) < 4.78 is 6.75. The summed E-state index contributed by atoms with van der Waals surface area (Å²) in [5, 5.41) is 4.19. The minimum Gasteiger partial charge on any atom is -0.455 e. The van der Waals surface area contributed by atoms with Crippen LogP contribution in [0.15, 0.2) is 217 Å². The predicted molar refractivity (Wildman–Crippen MR) is 243 cm³/mol. The molecule has 0 aliphatic rings. The number of benzene rings is 9. The monoisotopic (exact) mass is 753 g/mol. The summed E-state index contributed by atoms with van der Waals surface area (Å²) in [6.07, 6.45) is 0. The minimum atomic E-state index is 0.586. The lowest BCUT2D eigenvalue weighted by atomic mass is 9.97. The Morgan fingerprint density at radius 1 is 0.288 bits per heavy atom. The van der Waals surface area contributed by atoms with Crippen LogP contribution < -0.4 is 0 Å². The van der Waals surface area contributed by atoms with Gasteiger partial charge in [0, 0.05) is 33.0 Å². The summed E-state index contributed by atoms with van der Waals surface area (Å²) in [5.74, 6) is 1.80. The van der Waals surface area contributed by atoms with Crippen LogP contribution in [0.2, 0.25) is 0 Å². The van der Waals surface area contributed by atoms with E-state index in [1.165, 1.54) is 16.7 Å². The normalized spacial score (nSPS) is 11.4. The minimum absolute atomic E-state index is 0.586. The van der Waals surface area contributed by atoms with E-state index in [0.717, 1.165) is 77.2 Å². The molecule has 0 saturated carbocycles. The van der Waals surface area contributed by atoms with E-state index in [-0.39, 0.29) is 0 Å². The van der Waals surface area contributed by atoms with Gasteiger partial charge in [-0.3, -0.25) is 0 Å². The molecule has 276 valence electrons. The molecule has 0 fully saturated rings. The zero-order valence-corrected chi connectivity index (χ0v) is 32.0. The largest absolute Gasteiger partial charge is 0.455 e. The highest BCUT2D eigenvalue weighted by molar-refractivity contribution is 6.15. The molecule has 0 bridgehead atoms. The fourth-order valence-electron chi connectivity index (χ4n) is 8.25. The first-order valence-electron chi connectivity index (χ1n) is 19.8. The maximum Gasteiger partial charge on any atom is 0.164 e. The Labute approximate surface area is 341 Å². The van der Waals surface area contributed by atoms with Gasteiger partial charge in [0.2, 0.25) is 0 Å². The number of para-hydroxylation sites is 1. The molecule has 59 heavy (non-hydrogen) atoms. The summed E-state index contributed by atoms with van der Waals surface area (Å²) >= 11 is 0. The van der Waals surface area contributed by atoms with Crippen LogP contribution in [0.1, 0.15) is 0 Å². The van der Waals surface area contributed by atoms with E-state index in [0.29, 0.717) is 17.5 Å². The predicted octanol–water partition coefficient (Wildman–Crippen LogP) is 14.6. The molecule has 0 radical (unpaired) electrons. The maximum atomic E-state index is 6.75. The lowest BCUT2D eigenvalue weighted by Gasteiger charge is -2.11. The summed E-state index contributed by atoms with van der Waals surface area (Å²) in [5.41, 5.74) is 13.4. The van der Waals surface area contributed by atoms with Gasteiger partial charge in [-0.1, -0.05) is 194 Å². The molecule has 0 saturated heterocycles. The van der Waals surface area contributed by atoms with E-state index in [1.54, 1.807) is 0 Å². The topological polar surface area (TPSA) is 51.8 Å². The van der Waals surface area contributed by atoms with Crippen molar-refractivity contribution in [2.75, 3.05) is 0 Å². The van der Waals surface area contributed by atoms with Crippen molar-refractivity contribution in [1.82, 2.24) is 15.0 Å². The smallest absolute Gasteiger partial charge is 0.164 e. The fraction of sp³-hybridized carbons (Fsp3) is 0. The van der Waals surface area contributed by atoms with E-state index >= 15 is 0 Å². The first-order valence-corrected chi connectivity index (χ1v) is 19.8. The Morgan fingerprint density at radius 2 is 0.746 bits per heavy atom. The number of fused-ring (bicyclic) bond motifs is 4. The number of nitrogens with zero attached hydrogens (tertiary/aromatic N) is 3. The zero-order valence-electron chi connectivity index (χ0n) is 32.0. The van der Waals surface area contributed by atoms with Crippen molar-refractivity contribution in [3.63, 3.8) is 0 Å². The Hall–Kier alpha value is -7.95. The Bertz CT molecular complexity index is 3310. The summed E-state index contributed by atoms with van der Waals surface area (Å²) in [7, 11) is 0. The van der Waals surface area contributed by atoms with Gasteiger partial charge in [-0.15, -0.1) is 0 Å². The molecule has 2 heterocycles. The van der Waals surface area contributed by atoms with Crippen LogP contribution in [-0.4, -0.2) is 15.0 Å². The first kappa shape index (κ1) is 34.3. The summed E-state index contributed by atoms with van der Waals surface area (Å²) in [6, 6.07) is 74.0. The Morgan fingerprint density at radius 3 is 1.47 bits per heavy atom. The third-order valence-corrected chi connectivity index (χ3v) is 11.2. The van der Waals surface area contributed by atoms with E-state index in [4.69, 9.17) is 19.4 Å². The second kappa shape index (κ2) is 14.5. The van der Waals surface area contributed by atoms with Gasteiger partial charge in [0.1, 0.15) is 11.2 Å². The van der Waals surface area contributed by atoms with Gasteiger partial charge in [-0.2, -0.15) is 0 Å². The van der Waals surface area contributed by atoms with Crippen LogP contribution >= 0.6 is 0 Å². The molecule has 0 N–H and O–H groups in total. The molecule has 11 rings (SSSR count). The van der Waals surface area contributed by atoms with Crippen LogP contribution in [0.4, 0.5) is 0 Å². The van der Waals surface area contributed by atoms with Crippen LogP contribution in [0, 0.1) is 0 Å². The SMILES string of the molecule is c1ccc(-c2cccc(-c3ccc(-c4nc(-c5cccc6ccccc56)nc(-c5cccc6oc7c(-c8cccc(-c9ccccc9)c8)cccc7c56)n4)cc3)c2)cc1. The Kier molecular flexibility index (Phi) is 8.45. The van der Waals surface area contributed by atoms with Crippen molar-refractivity contribution in [2.24, 2.45) is 0 Å². The maximum absolute atomic E-state index is 6.75. The van der Waals surface area contributed by atoms with Gasteiger partial charge in [0.05, 0.1) is 0 Å². The van der Waals surface area contributed by atoms with Crippen LogP contribution in [-0.2, 0) is 0 Å². The summed E-state index contributed by atoms with van der Waals surface area (Å²) in [4.78, 5) is 15.7. The van der Waals surface area contributed by atoms with Gasteiger partial charge in [0.15, 0.2) is 17.5 Å². The van der Waals surface area contributed by atoms with Crippen molar-refractivity contribution in [3.8, 4) is 78.7 Å². The molecule has 0 spiro atoms. The van der Waals surface area contributed by atoms with Crippen LogP contribution in [0.5, 0.6) is 0 Å². The highest BCUT2D eigenvalue weighted by Gasteiger charge is 2.20. The average molecular weight is 754 g/mol. The second-order valence-electron chi connectivity index (χ2n) is 14.8. The third kappa shape index (κ3) is 6.34. The van der Waals surface area contributed by atoms with Crippen LogP contribution in [0.25, 0.3) is 111 Å². The lowest BCUT2D eigenvalue weighted by Crippen LogP contribution is -2.01. The van der Waals surface area contributed by atoms with E-state index in [1.807, 2.05) is 24.3 Å². The van der Waals surface area contributed by atoms with Gasteiger partial charge in [-0.25, -0.2) is 15.0 Å². The number of furan rings is 1. The molecule has 4 heteroatoms. The molecule has 0 aliphatic carbocycles. The molecule has 9 aromatic carbocycles. The number of hydrogen-bond donors (Lipinski definition) is 0. The third-order valence-electron chi connectivity index (χ3n) is 11.2. The quantitative estimate of drug-likeness (QED) is 0.163. The molecule has 2 aromatic heterocycles. The molecular formula is C55H35N3O. The molecule has 4 nitrogen and oxygen atoms in total. The van der Waals surface area contributed by atoms with E-state index in [9.17, 15) is 0 Å². The molecule has 0 unspecified atom stereocenters. The standard InChI is InChI=1S/C55H35N3O/c1-3-14-36(15-4-1)41-20-9-21-42(34-41)38-30-32-40(33-31-38)53-56-54(47-26-11-19-39-18-7-8-24-45(39)47)58-55(57-53)49-28-13-29-50-51(49)48-27-12-25-46(52(48)59-50)44-23-10-22-43(35-44)37-16-5-2-6-17-37/h1-35H. The molecule has 0 aliphatic heterocycles. The van der Waals surface area contributed by atoms with Crippen molar-refractivity contribution < 1.29 is 4.42 Å². The van der Waals surface area contributed by atoms with Gasteiger partial charge >= 0.3 is 0 Å². The number of hydrogen-bond acceptors (Lipinski definition) is 4. The molecule has 11 aromatic rings. The van der Waals surface area contributed by atoms with Crippen molar-refractivity contribution in [1.29, 1.82) is 0 Å². The zero-order chi connectivity index (χ0) is 39.1. The highest BCUT2D eigenvalue weighted by Crippen LogP contribution is 2.41. The number of rotatable bonds is 7. The van der Waals surface area contributed by atoms with E-state index in [2.05, 4.69) is 188 Å². The first-order chi connectivity index (χ1) is 29.2. The van der Waals surface area contributed by atoms with Crippen LogP contribution in [0.3, 0.4) is 0 Å². The molecule has 0 atom stereocenters. The molecule has 0 amide bonds. The Balaban J connectivity index is 1.06. The van der Waals surface area contributed by atoms with Gasteiger partial charge < -0.3 is 4.42 Å². The highest BCUT2D eigenvalue weighted by atomic mass is 16.3. The fourth-order valence-corrected chi connectivity index (χ4v) is 8.25. The second-order valence-corrected chi connectivity index (χ2v) is 14.8. The number of aromatic nitrogens is 3. The van der Waals surface area contributed by atoms with Crippen molar-refractivity contribution in [3.05, 3.63) is 212 Å². The van der Waals surface area contributed by atoms with Gasteiger partial charge in [0.25, 0.3) is 0 Å². The molecular weight excluding hydrogens is 719 g/mol. The van der Waals surface area contributed by atoms with Crippen molar-refractivity contribution >= 4 is 32.7 Å². The van der Waals surface area contributed by atoms with Gasteiger partial charge in [-0.05, 0) is 67.9 Å².